The van der Waals surface area contributed by atoms with Gasteiger partial charge in [-0.15, -0.1) is 0 Å². The number of hydrogen-bond acceptors (Lipinski definition) is 3. The number of aromatic nitrogens is 2. The molecule has 2 aromatic rings. The lowest BCUT2D eigenvalue weighted by Crippen LogP contribution is -2.05. The van der Waals surface area contributed by atoms with E-state index in [4.69, 9.17) is 5.21 Å². The fourth-order valence-corrected chi connectivity index (χ4v) is 2.17. The molecule has 0 aliphatic heterocycles. The van der Waals surface area contributed by atoms with E-state index >= 15 is 0 Å². The molecule has 0 saturated heterocycles. The molecule has 16 heavy (non-hydrogen) atoms. The third-order valence-corrected chi connectivity index (χ3v) is 3.21. The van der Waals surface area contributed by atoms with Crippen LogP contribution in [0.4, 0.5) is 0 Å². The van der Waals surface area contributed by atoms with Crippen LogP contribution in [0.15, 0.2) is 18.2 Å². The number of nitrogens with one attached hydrogen (secondary N) is 1. The van der Waals surface area contributed by atoms with Gasteiger partial charge in [-0.3, -0.25) is 0 Å². The molecule has 0 atom stereocenters. The monoisotopic (exact) mass is 217 g/mol. The van der Waals surface area contributed by atoms with Crippen molar-refractivity contribution in [3.8, 4) is 0 Å². The molecule has 0 unspecified atom stereocenters. The lowest BCUT2D eigenvalue weighted by Gasteiger charge is -2.00. The smallest absolute Gasteiger partial charge is 0.112 e. The van der Waals surface area contributed by atoms with E-state index in [1.165, 1.54) is 24.2 Å². The summed E-state index contributed by atoms with van der Waals surface area (Å²) in [6.07, 6.45) is 2.53. The SMILES string of the molecule is Cn1c(C2CC2)nc2cc(CNO)ccc21. The minimum absolute atomic E-state index is 0.464. The van der Waals surface area contributed by atoms with Crippen LogP contribution in [0.2, 0.25) is 0 Å². The maximum absolute atomic E-state index is 8.67. The van der Waals surface area contributed by atoms with Crippen LogP contribution >= 0.6 is 0 Å². The maximum Gasteiger partial charge on any atom is 0.112 e. The number of hydrogen-bond donors (Lipinski definition) is 2. The molecule has 0 amide bonds. The van der Waals surface area contributed by atoms with E-state index < -0.39 is 0 Å². The molecule has 4 heteroatoms. The van der Waals surface area contributed by atoms with Crippen molar-refractivity contribution in [2.24, 2.45) is 7.05 Å². The number of benzene rings is 1. The molecule has 1 aliphatic rings. The Morgan fingerprint density at radius 3 is 3.00 bits per heavy atom. The van der Waals surface area contributed by atoms with Gasteiger partial charge in [0.25, 0.3) is 0 Å². The second-order valence-electron chi connectivity index (χ2n) is 4.46. The summed E-state index contributed by atoms with van der Waals surface area (Å²) in [7, 11) is 2.08. The van der Waals surface area contributed by atoms with Crippen LogP contribution in [0.5, 0.6) is 0 Å². The van der Waals surface area contributed by atoms with Gasteiger partial charge in [-0.05, 0) is 30.5 Å². The van der Waals surface area contributed by atoms with E-state index in [2.05, 4.69) is 28.1 Å². The highest BCUT2D eigenvalue weighted by Crippen LogP contribution is 2.40. The Bertz CT molecular complexity index is 528. The zero-order chi connectivity index (χ0) is 11.1. The van der Waals surface area contributed by atoms with Gasteiger partial charge in [-0.25, -0.2) is 10.5 Å². The van der Waals surface area contributed by atoms with Crippen LogP contribution in [-0.2, 0) is 13.6 Å². The predicted molar refractivity (Wildman–Crippen MR) is 61.3 cm³/mol. The highest BCUT2D eigenvalue weighted by Gasteiger charge is 2.28. The molecule has 0 spiro atoms. The van der Waals surface area contributed by atoms with E-state index in [-0.39, 0.29) is 0 Å². The summed E-state index contributed by atoms with van der Waals surface area (Å²) in [5, 5.41) is 8.67. The largest absolute Gasteiger partial charge is 0.331 e. The summed E-state index contributed by atoms with van der Waals surface area (Å²) in [6, 6.07) is 6.12. The molecule has 1 heterocycles. The predicted octanol–water partition coefficient (Wildman–Crippen LogP) is 1.93. The number of fused-ring (bicyclic) bond motifs is 1. The minimum Gasteiger partial charge on any atom is -0.331 e. The van der Waals surface area contributed by atoms with Crippen molar-refractivity contribution in [2.45, 2.75) is 25.3 Å². The lowest BCUT2D eigenvalue weighted by atomic mass is 10.2. The minimum atomic E-state index is 0.464. The Kier molecular flexibility index (Phi) is 2.19. The molecule has 0 bridgehead atoms. The Labute approximate surface area is 93.9 Å². The van der Waals surface area contributed by atoms with Crippen LogP contribution in [0.1, 0.15) is 30.1 Å². The molecule has 1 fully saturated rings. The Morgan fingerprint density at radius 2 is 2.31 bits per heavy atom. The highest BCUT2D eigenvalue weighted by molar-refractivity contribution is 5.77. The molecule has 1 aromatic heterocycles. The summed E-state index contributed by atoms with van der Waals surface area (Å²) in [5.41, 5.74) is 5.42. The highest BCUT2D eigenvalue weighted by atomic mass is 16.5. The van der Waals surface area contributed by atoms with Gasteiger partial charge in [0, 0.05) is 19.5 Å². The van der Waals surface area contributed by atoms with Gasteiger partial charge >= 0.3 is 0 Å². The summed E-state index contributed by atoms with van der Waals surface area (Å²) >= 11 is 0. The zero-order valence-corrected chi connectivity index (χ0v) is 9.27. The number of hydroxylamine groups is 1. The molecule has 84 valence electrons. The van der Waals surface area contributed by atoms with Gasteiger partial charge < -0.3 is 9.77 Å². The van der Waals surface area contributed by atoms with E-state index in [1.54, 1.807) is 0 Å². The second-order valence-corrected chi connectivity index (χ2v) is 4.46. The number of imidazole rings is 1. The molecule has 3 rings (SSSR count). The van der Waals surface area contributed by atoms with E-state index in [0.29, 0.717) is 12.5 Å². The van der Waals surface area contributed by atoms with Crippen molar-refractivity contribution < 1.29 is 5.21 Å². The molecule has 4 nitrogen and oxygen atoms in total. The first-order valence-electron chi connectivity index (χ1n) is 5.62. The van der Waals surface area contributed by atoms with E-state index in [1.807, 2.05) is 12.1 Å². The standard InChI is InChI=1S/C12H15N3O/c1-15-11-5-2-8(7-13-16)6-10(11)14-12(15)9-3-4-9/h2,5-6,9,13,16H,3-4,7H2,1H3. The van der Waals surface area contributed by atoms with Gasteiger partial charge in [0.1, 0.15) is 5.82 Å². The van der Waals surface area contributed by atoms with Crippen LogP contribution in [0.25, 0.3) is 11.0 Å². The fourth-order valence-electron chi connectivity index (χ4n) is 2.17. The topological polar surface area (TPSA) is 50.1 Å². The number of aryl methyl sites for hydroxylation is 1. The normalized spacial score (nSPS) is 15.9. The molecule has 0 radical (unpaired) electrons. The Morgan fingerprint density at radius 1 is 1.50 bits per heavy atom. The molecule has 2 N–H and O–H groups in total. The van der Waals surface area contributed by atoms with Crippen molar-refractivity contribution in [1.29, 1.82) is 0 Å². The third-order valence-electron chi connectivity index (χ3n) is 3.21. The average Bonchev–Trinajstić information content (AvgIpc) is 3.06. The number of rotatable bonds is 3. The van der Waals surface area contributed by atoms with Gasteiger partial charge in [0.05, 0.1) is 11.0 Å². The molecule has 1 saturated carbocycles. The van der Waals surface area contributed by atoms with Crippen LogP contribution in [-0.4, -0.2) is 14.8 Å². The maximum atomic E-state index is 8.67. The van der Waals surface area contributed by atoms with Crippen molar-refractivity contribution in [1.82, 2.24) is 15.0 Å². The van der Waals surface area contributed by atoms with Crippen LogP contribution in [0, 0.1) is 0 Å². The van der Waals surface area contributed by atoms with Gasteiger partial charge in [-0.2, -0.15) is 0 Å². The summed E-state index contributed by atoms with van der Waals surface area (Å²) in [5.74, 6) is 1.86. The van der Waals surface area contributed by atoms with Crippen molar-refractivity contribution in [3.63, 3.8) is 0 Å². The zero-order valence-electron chi connectivity index (χ0n) is 9.27. The first-order chi connectivity index (χ1) is 7.79. The fraction of sp³-hybridized carbons (Fsp3) is 0.417. The summed E-state index contributed by atoms with van der Waals surface area (Å²) < 4.78 is 2.18. The van der Waals surface area contributed by atoms with Gasteiger partial charge in [-0.1, -0.05) is 6.07 Å². The second kappa shape index (κ2) is 3.57. The van der Waals surface area contributed by atoms with E-state index in [9.17, 15) is 0 Å². The lowest BCUT2D eigenvalue weighted by molar-refractivity contribution is 0.161. The van der Waals surface area contributed by atoms with E-state index in [0.717, 1.165) is 11.1 Å². The van der Waals surface area contributed by atoms with Crippen molar-refractivity contribution in [3.05, 3.63) is 29.6 Å². The molecular weight excluding hydrogens is 202 g/mol. The summed E-state index contributed by atoms with van der Waals surface area (Å²) in [6.45, 7) is 0.464. The van der Waals surface area contributed by atoms with Crippen molar-refractivity contribution >= 4 is 11.0 Å². The van der Waals surface area contributed by atoms with Crippen LogP contribution < -0.4 is 5.48 Å². The quantitative estimate of drug-likeness (QED) is 0.772. The first kappa shape index (κ1) is 9.81. The number of nitrogens with zero attached hydrogens (tertiary/aromatic N) is 2. The Balaban J connectivity index is 2.09. The van der Waals surface area contributed by atoms with Crippen molar-refractivity contribution in [2.75, 3.05) is 0 Å². The molecule has 1 aromatic carbocycles. The first-order valence-corrected chi connectivity index (χ1v) is 5.62. The Hall–Kier alpha value is -1.39. The molecular formula is C12H15N3O. The third kappa shape index (κ3) is 1.50. The van der Waals surface area contributed by atoms with Gasteiger partial charge in [0.2, 0.25) is 0 Å². The molecule has 1 aliphatic carbocycles. The summed E-state index contributed by atoms with van der Waals surface area (Å²) in [4.78, 5) is 4.67. The van der Waals surface area contributed by atoms with Gasteiger partial charge in [0.15, 0.2) is 0 Å². The average molecular weight is 217 g/mol. The van der Waals surface area contributed by atoms with Crippen LogP contribution in [0.3, 0.4) is 0 Å².